The van der Waals surface area contributed by atoms with Gasteiger partial charge in [0, 0.05) is 18.0 Å². The van der Waals surface area contributed by atoms with E-state index in [4.69, 9.17) is 10.5 Å². The van der Waals surface area contributed by atoms with E-state index in [1.54, 1.807) is 6.07 Å². The highest BCUT2D eigenvalue weighted by molar-refractivity contribution is 5.39. The van der Waals surface area contributed by atoms with Crippen molar-refractivity contribution in [1.82, 2.24) is 0 Å². The topological polar surface area (TPSA) is 35.2 Å². The first-order valence-corrected chi connectivity index (χ1v) is 6.80. The zero-order valence-corrected chi connectivity index (χ0v) is 10.8. The first-order chi connectivity index (χ1) is 8.56. The predicted molar refractivity (Wildman–Crippen MR) is 68.9 cm³/mol. The Morgan fingerprint density at radius 3 is 2.89 bits per heavy atom. The lowest BCUT2D eigenvalue weighted by Crippen LogP contribution is -2.42. The second kappa shape index (κ2) is 4.23. The number of fused-ring (bicyclic) bond motifs is 1. The lowest BCUT2D eigenvalue weighted by atomic mass is 9.74. The molecular formula is C15H20FNO. The van der Waals surface area contributed by atoms with Crippen LogP contribution in [0.4, 0.5) is 4.39 Å². The second-order valence-corrected chi connectivity index (χ2v) is 6.05. The molecule has 0 bridgehead atoms. The van der Waals surface area contributed by atoms with E-state index in [0.29, 0.717) is 0 Å². The Labute approximate surface area is 107 Å². The summed E-state index contributed by atoms with van der Waals surface area (Å²) >= 11 is 0. The standard InChI is InChI=1S/C15H20FNO/c1-15(8-10-3-2-4-10)9-13(17)12-7-11(16)5-6-14(12)18-15/h5-7,10,13H,2-4,8-9,17H2,1H3. The highest BCUT2D eigenvalue weighted by Crippen LogP contribution is 2.44. The fourth-order valence-corrected chi connectivity index (χ4v) is 3.22. The van der Waals surface area contributed by atoms with Gasteiger partial charge in [-0.25, -0.2) is 4.39 Å². The first-order valence-electron chi connectivity index (χ1n) is 6.80. The van der Waals surface area contributed by atoms with Gasteiger partial charge in [0.2, 0.25) is 0 Å². The van der Waals surface area contributed by atoms with Gasteiger partial charge in [0.15, 0.2) is 0 Å². The molecule has 18 heavy (non-hydrogen) atoms. The van der Waals surface area contributed by atoms with E-state index in [2.05, 4.69) is 6.92 Å². The van der Waals surface area contributed by atoms with Crippen molar-refractivity contribution < 1.29 is 9.13 Å². The summed E-state index contributed by atoms with van der Waals surface area (Å²) in [6.07, 6.45) is 5.81. The molecule has 98 valence electrons. The minimum Gasteiger partial charge on any atom is -0.487 e. The summed E-state index contributed by atoms with van der Waals surface area (Å²) in [5.41, 5.74) is 6.80. The lowest BCUT2D eigenvalue weighted by Gasteiger charge is -2.42. The van der Waals surface area contributed by atoms with Crippen molar-refractivity contribution in [3.05, 3.63) is 29.6 Å². The van der Waals surface area contributed by atoms with Gasteiger partial charge in [0.05, 0.1) is 0 Å². The molecule has 2 unspecified atom stereocenters. The van der Waals surface area contributed by atoms with Crippen molar-refractivity contribution in [3.63, 3.8) is 0 Å². The Bertz CT molecular complexity index is 458. The molecule has 2 atom stereocenters. The molecule has 1 aromatic rings. The van der Waals surface area contributed by atoms with Gasteiger partial charge in [-0.15, -0.1) is 0 Å². The van der Waals surface area contributed by atoms with Crippen LogP contribution in [-0.2, 0) is 0 Å². The molecule has 1 aromatic carbocycles. The zero-order valence-electron chi connectivity index (χ0n) is 10.8. The van der Waals surface area contributed by atoms with Crippen LogP contribution in [0.2, 0.25) is 0 Å². The third kappa shape index (κ3) is 2.12. The van der Waals surface area contributed by atoms with Crippen LogP contribution in [0.25, 0.3) is 0 Å². The van der Waals surface area contributed by atoms with E-state index in [1.165, 1.54) is 31.4 Å². The Morgan fingerprint density at radius 1 is 1.44 bits per heavy atom. The van der Waals surface area contributed by atoms with Crippen LogP contribution in [0.1, 0.15) is 50.6 Å². The SMILES string of the molecule is CC1(CC2CCC2)CC(N)c2cc(F)ccc2O1. The van der Waals surface area contributed by atoms with E-state index in [0.717, 1.165) is 30.1 Å². The first kappa shape index (κ1) is 12.0. The number of nitrogens with two attached hydrogens (primary N) is 1. The Hall–Kier alpha value is -1.09. The highest BCUT2D eigenvalue weighted by Gasteiger charge is 2.38. The maximum Gasteiger partial charge on any atom is 0.125 e. The minimum atomic E-state index is -0.240. The smallest absolute Gasteiger partial charge is 0.125 e. The van der Waals surface area contributed by atoms with Crippen LogP contribution in [0.3, 0.4) is 0 Å². The van der Waals surface area contributed by atoms with E-state index in [1.807, 2.05) is 0 Å². The van der Waals surface area contributed by atoms with Gasteiger partial charge in [-0.1, -0.05) is 19.3 Å². The molecule has 2 nitrogen and oxygen atoms in total. The van der Waals surface area contributed by atoms with Crippen LogP contribution in [0.5, 0.6) is 5.75 Å². The van der Waals surface area contributed by atoms with E-state index >= 15 is 0 Å². The third-order valence-corrected chi connectivity index (χ3v) is 4.32. The molecular weight excluding hydrogens is 229 g/mol. The van der Waals surface area contributed by atoms with Crippen molar-refractivity contribution in [1.29, 1.82) is 0 Å². The van der Waals surface area contributed by atoms with Gasteiger partial charge in [0.1, 0.15) is 17.2 Å². The quantitative estimate of drug-likeness (QED) is 0.869. The number of hydrogen-bond donors (Lipinski definition) is 1. The largest absolute Gasteiger partial charge is 0.487 e. The molecule has 0 spiro atoms. The molecule has 1 fully saturated rings. The van der Waals surface area contributed by atoms with Crippen molar-refractivity contribution in [2.75, 3.05) is 0 Å². The fourth-order valence-electron chi connectivity index (χ4n) is 3.22. The summed E-state index contributed by atoms with van der Waals surface area (Å²) in [7, 11) is 0. The highest BCUT2D eigenvalue weighted by atomic mass is 19.1. The summed E-state index contributed by atoms with van der Waals surface area (Å²) < 4.78 is 19.3. The zero-order chi connectivity index (χ0) is 12.8. The number of benzene rings is 1. The van der Waals surface area contributed by atoms with E-state index in [-0.39, 0.29) is 17.5 Å². The van der Waals surface area contributed by atoms with Crippen molar-refractivity contribution in [2.45, 2.75) is 50.7 Å². The molecule has 0 aromatic heterocycles. The summed E-state index contributed by atoms with van der Waals surface area (Å²) in [6.45, 7) is 2.14. The van der Waals surface area contributed by atoms with E-state index < -0.39 is 0 Å². The van der Waals surface area contributed by atoms with Gasteiger partial charge >= 0.3 is 0 Å². The lowest BCUT2D eigenvalue weighted by molar-refractivity contribution is 0.0169. The molecule has 2 aliphatic rings. The molecule has 0 amide bonds. The molecule has 1 aliphatic carbocycles. The van der Waals surface area contributed by atoms with E-state index in [9.17, 15) is 4.39 Å². The summed E-state index contributed by atoms with van der Waals surface area (Å²) in [4.78, 5) is 0. The monoisotopic (exact) mass is 249 g/mol. The van der Waals surface area contributed by atoms with Gasteiger partial charge in [-0.2, -0.15) is 0 Å². The van der Waals surface area contributed by atoms with Crippen LogP contribution >= 0.6 is 0 Å². The average Bonchev–Trinajstić information content (AvgIpc) is 2.25. The predicted octanol–water partition coefficient (Wildman–Crippen LogP) is 3.56. The number of hydrogen-bond acceptors (Lipinski definition) is 2. The maximum atomic E-state index is 13.2. The number of rotatable bonds is 2. The molecule has 3 heteroatoms. The second-order valence-electron chi connectivity index (χ2n) is 6.05. The molecule has 0 saturated heterocycles. The Kier molecular flexibility index (Phi) is 2.81. The average molecular weight is 249 g/mol. The van der Waals surface area contributed by atoms with Crippen LogP contribution < -0.4 is 10.5 Å². The van der Waals surface area contributed by atoms with Crippen molar-refractivity contribution >= 4 is 0 Å². The molecule has 1 aliphatic heterocycles. The van der Waals surface area contributed by atoms with Gasteiger partial charge < -0.3 is 10.5 Å². The van der Waals surface area contributed by atoms with Crippen LogP contribution in [0, 0.1) is 11.7 Å². The summed E-state index contributed by atoms with van der Waals surface area (Å²) in [5.74, 6) is 1.30. The maximum absolute atomic E-state index is 13.2. The van der Waals surface area contributed by atoms with Crippen LogP contribution in [-0.4, -0.2) is 5.60 Å². The van der Waals surface area contributed by atoms with Gasteiger partial charge in [-0.3, -0.25) is 0 Å². The normalized spacial score (nSPS) is 31.4. The number of ether oxygens (including phenoxy) is 1. The Balaban J connectivity index is 1.83. The third-order valence-electron chi connectivity index (χ3n) is 4.32. The van der Waals surface area contributed by atoms with Crippen molar-refractivity contribution in [2.24, 2.45) is 11.7 Å². The fraction of sp³-hybridized carbons (Fsp3) is 0.600. The summed E-state index contributed by atoms with van der Waals surface area (Å²) in [6, 6.07) is 4.54. The molecule has 1 heterocycles. The number of halogens is 1. The molecule has 1 saturated carbocycles. The van der Waals surface area contributed by atoms with Crippen LogP contribution in [0.15, 0.2) is 18.2 Å². The molecule has 3 rings (SSSR count). The summed E-state index contributed by atoms with van der Waals surface area (Å²) in [5, 5.41) is 0. The molecule has 0 radical (unpaired) electrons. The van der Waals surface area contributed by atoms with Crippen molar-refractivity contribution in [3.8, 4) is 5.75 Å². The minimum absolute atomic E-state index is 0.116. The Morgan fingerprint density at radius 2 is 2.22 bits per heavy atom. The van der Waals surface area contributed by atoms with Gasteiger partial charge in [-0.05, 0) is 37.5 Å². The molecule has 2 N–H and O–H groups in total. The van der Waals surface area contributed by atoms with Gasteiger partial charge in [0.25, 0.3) is 0 Å².